The van der Waals surface area contributed by atoms with Crippen molar-refractivity contribution in [3.63, 3.8) is 0 Å². The lowest BCUT2D eigenvalue weighted by molar-refractivity contribution is -0.394. The molecule has 0 aliphatic carbocycles. The zero-order chi connectivity index (χ0) is 15.6. The van der Waals surface area contributed by atoms with E-state index in [2.05, 4.69) is 10.1 Å². The highest BCUT2D eigenvalue weighted by Gasteiger charge is 2.18. The van der Waals surface area contributed by atoms with E-state index in [1.165, 1.54) is 17.0 Å². The van der Waals surface area contributed by atoms with Gasteiger partial charge in [-0.15, -0.1) is 0 Å². The molecule has 0 amide bonds. The molecule has 0 atom stereocenters. The number of imidazole rings is 1. The van der Waals surface area contributed by atoms with Crippen LogP contribution in [0, 0.1) is 27.2 Å². The van der Waals surface area contributed by atoms with E-state index < -0.39 is 15.5 Å². The van der Waals surface area contributed by atoms with Gasteiger partial charge in [0, 0.05) is 6.07 Å². The molecule has 108 valence electrons. The Morgan fingerprint density at radius 3 is 2.57 bits per heavy atom. The number of aromatic nitrogens is 2. The molecule has 21 heavy (non-hydrogen) atoms. The second-order valence-corrected chi connectivity index (χ2v) is 4.09. The highest BCUT2D eigenvalue weighted by Crippen LogP contribution is 2.23. The summed E-state index contributed by atoms with van der Waals surface area (Å²) in [6.45, 7) is 1.72. The molecule has 2 rings (SSSR count). The molecule has 0 saturated heterocycles. The van der Waals surface area contributed by atoms with Crippen molar-refractivity contribution >= 4 is 23.5 Å². The third-order valence-electron chi connectivity index (χ3n) is 2.58. The highest BCUT2D eigenvalue weighted by molar-refractivity contribution is 5.86. The van der Waals surface area contributed by atoms with Crippen LogP contribution in [0.4, 0.5) is 17.3 Å². The minimum Gasteiger partial charge on any atom is -0.368 e. The van der Waals surface area contributed by atoms with Crippen LogP contribution in [0.2, 0.25) is 0 Å². The van der Waals surface area contributed by atoms with Crippen molar-refractivity contribution in [1.82, 2.24) is 9.66 Å². The first-order valence-corrected chi connectivity index (χ1v) is 5.67. The summed E-state index contributed by atoms with van der Waals surface area (Å²) >= 11 is 0. The molecule has 0 spiro atoms. The van der Waals surface area contributed by atoms with E-state index in [0.29, 0.717) is 5.69 Å². The van der Waals surface area contributed by atoms with Crippen LogP contribution in [0.3, 0.4) is 0 Å². The molecule has 1 aromatic heterocycles. The van der Waals surface area contributed by atoms with E-state index in [1.54, 1.807) is 13.1 Å². The molecule has 1 heterocycles. The second kappa shape index (κ2) is 5.36. The standard InChI is InChI=1S/C11H10N6O4/c1-7-6-15(11(12)14-7)13-5-8-2-3-9(16(18)19)4-10(8)17(20)21/h2-6H,1H3,(H2,12,14). The Morgan fingerprint density at radius 2 is 2.05 bits per heavy atom. The third-order valence-corrected chi connectivity index (χ3v) is 2.58. The monoisotopic (exact) mass is 290 g/mol. The number of anilines is 1. The van der Waals surface area contributed by atoms with Crippen molar-refractivity contribution in [2.45, 2.75) is 6.92 Å². The number of aryl methyl sites for hydroxylation is 1. The SMILES string of the molecule is Cc1cn(N=Cc2ccc([N+](=O)[O-])cc2[N+](=O)[O-])c(N)n1. The Labute approximate surface area is 117 Å². The maximum absolute atomic E-state index is 11.0. The van der Waals surface area contributed by atoms with Gasteiger partial charge in [-0.2, -0.15) is 5.10 Å². The fraction of sp³-hybridized carbons (Fsp3) is 0.0909. The Hall–Kier alpha value is -3.30. The number of hydrogen-bond donors (Lipinski definition) is 1. The largest absolute Gasteiger partial charge is 0.368 e. The Morgan fingerprint density at radius 1 is 1.33 bits per heavy atom. The fourth-order valence-electron chi connectivity index (χ4n) is 1.63. The number of nitro benzene ring substituents is 2. The van der Waals surface area contributed by atoms with Crippen LogP contribution in [0.25, 0.3) is 0 Å². The van der Waals surface area contributed by atoms with Gasteiger partial charge in [-0.25, -0.2) is 9.66 Å². The molecule has 0 bridgehead atoms. The predicted molar refractivity (Wildman–Crippen MR) is 74.1 cm³/mol. The van der Waals surface area contributed by atoms with Crippen molar-refractivity contribution in [1.29, 1.82) is 0 Å². The van der Waals surface area contributed by atoms with Gasteiger partial charge in [0.05, 0.1) is 39.6 Å². The topological polar surface area (TPSA) is 142 Å². The molecule has 0 aliphatic rings. The van der Waals surface area contributed by atoms with Crippen LogP contribution in [0.15, 0.2) is 29.5 Å². The molecular formula is C11H10N6O4. The van der Waals surface area contributed by atoms with Gasteiger partial charge >= 0.3 is 0 Å². The number of hydrogen-bond acceptors (Lipinski definition) is 7. The van der Waals surface area contributed by atoms with E-state index in [4.69, 9.17) is 5.73 Å². The number of nitrogens with zero attached hydrogens (tertiary/aromatic N) is 5. The third kappa shape index (κ3) is 3.00. The molecule has 0 saturated carbocycles. The number of nitro groups is 2. The number of benzene rings is 1. The molecule has 2 N–H and O–H groups in total. The van der Waals surface area contributed by atoms with Crippen molar-refractivity contribution in [3.05, 3.63) is 55.9 Å². The lowest BCUT2D eigenvalue weighted by Gasteiger charge is -1.98. The summed E-state index contributed by atoms with van der Waals surface area (Å²) in [5, 5.41) is 25.5. The Kier molecular flexibility index (Phi) is 3.61. The molecule has 2 aromatic rings. The first-order chi connectivity index (χ1) is 9.88. The lowest BCUT2D eigenvalue weighted by atomic mass is 10.2. The molecule has 10 nitrogen and oxygen atoms in total. The molecule has 10 heteroatoms. The van der Waals surface area contributed by atoms with Crippen LogP contribution in [-0.2, 0) is 0 Å². The zero-order valence-corrected chi connectivity index (χ0v) is 10.8. The van der Waals surface area contributed by atoms with Gasteiger partial charge in [-0.05, 0) is 13.0 Å². The molecule has 0 fully saturated rings. The van der Waals surface area contributed by atoms with E-state index in [9.17, 15) is 20.2 Å². The van der Waals surface area contributed by atoms with Gasteiger partial charge in [0.15, 0.2) is 0 Å². The maximum atomic E-state index is 11.0. The van der Waals surface area contributed by atoms with Gasteiger partial charge in [0.2, 0.25) is 5.95 Å². The molecule has 0 aliphatic heterocycles. The summed E-state index contributed by atoms with van der Waals surface area (Å²) < 4.78 is 1.25. The number of nitrogen functional groups attached to an aromatic ring is 1. The van der Waals surface area contributed by atoms with Crippen LogP contribution in [0.1, 0.15) is 11.3 Å². The molecular weight excluding hydrogens is 280 g/mol. The minimum absolute atomic E-state index is 0.122. The van der Waals surface area contributed by atoms with Crippen molar-refractivity contribution in [2.24, 2.45) is 5.10 Å². The summed E-state index contributed by atoms with van der Waals surface area (Å²) in [6.07, 6.45) is 2.74. The maximum Gasteiger partial charge on any atom is 0.285 e. The van der Waals surface area contributed by atoms with Gasteiger partial charge in [-0.3, -0.25) is 20.2 Å². The van der Waals surface area contributed by atoms with Crippen molar-refractivity contribution in [2.75, 3.05) is 5.73 Å². The summed E-state index contributed by atoms with van der Waals surface area (Å²) in [5.41, 5.74) is 5.57. The number of rotatable bonds is 4. The van der Waals surface area contributed by atoms with Crippen LogP contribution in [-0.4, -0.2) is 25.7 Å². The predicted octanol–water partition coefficient (Wildman–Crippen LogP) is 1.47. The summed E-state index contributed by atoms with van der Waals surface area (Å²) in [7, 11) is 0. The quantitative estimate of drug-likeness (QED) is 0.513. The summed E-state index contributed by atoms with van der Waals surface area (Å²) in [4.78, 5) is 24.1. The fourth-order valence-corrected chi connectivity index (χ4v) is 1.63. The van der Waals surface area contributed by atoms with Crippen molar-refractivity contribution in [3.8, 4) is 0 Å². The Balaban J connectivity index is 2.42. The first-order valence-electron chi connectivity index (χ1n) is 5.67. The van der Waals surface area contributed by atoms with Gasteiger partial charge < -0.3 is 5.73 Å². The summed E-state index contributed by atoms with van der Waals surface area (Å²) in [6, 6.07) is 3.29. The van der Waals surface area contributed by atoms with Crippen LogP contribution < -0.4 is 5.73 Å². The number of nitrogens with two attached hydrogens (primary N) is 1. The van der Waals surface area contributed by atoms with Gasteiger partial charge in [0.25, 0.3) is 11.4 Å². The molecule has 0 unspecified atom stereocenters. The van der Waals surface area contributed by atoms with Crippen molar-refractivity contribution < 1.29 is 9.85 Å². The van der Waals surface area contributed by atoms with Gasteiger partial charge in [0.1, 0.15) is 0 Å². The van der Waals surface area contributed by atoms with Crippen LogP contribution >= 0.6 is 0 Å². The normalized spacial score (nSPS) is 10.9. The minimum atomic E-state index is -0.711. The van der Waals surface area contributed by atoms with E-state index in [1.807, 2.05) is 0 Å². The molecule has 1 aromatic carbocycles. The average molecular weight is 290 g/mol. The van der Waals surface area contributed by atoms with E-state index >= 15 is 0 Å². The van der Waals surface area contributed by atoms with E-state index in [0.717, 1.165) is 12.1 Å². The second-order valence-electron chi connectivity index (χ2n) is 4.09. The molecule has 0 radical (unpaired) electrons. The Bertz CT molecular complexity index is 751. The highest BCUT2D eigenvalue weighted by atomic mass is 16.6. The van der Waals surface area contributed by atoms with Gasteiger partial charge in [-0.1, -0.05) is 0 Å². The van der Waals surface area contributed by atoms with E-state index in [-0.39, 0.29) is 17.2 Å². The smallest absolute Gasteiger partial charge is 0.285 e. The van der Waals surface area contributed by atoms with Crippen LogP contribution in [0.5, 0.6) is 0 Å². The first kappa shape index (κ1) is 14.1. The number of non-ortho nitro benzene ring substituents is 1. The lowest BCUT2D eigenvalue weighted by Crippen LogP contribution is -2.00. The average Bonchev–Trinajstić information content (AvgIpc) is 2.74. The summed E-state index contributed by atoms with van der Waals surface area (Å²) in [5.74, 6) is 0.133. The zero-order valence-electron chi connectivity index (χ0n) is 10.8.